The molecule has 2 aliphatic rings. The van der Waals surface area contributed by atoms with Crippen molar-refractivity contribution in [3.63, 3.8) is 0 Å². The number of hydrogen-bond acceptors (Lipinski definition) is 5. The van der Waals surface area contributed by atoms with Crippen LogP contribution in [0.5, 0.6) is 23.0 Å². The van der Waals surface area contributed by atoms with E-state index in [4.69, 9.17) is 25.8 Å². The van der Waals surface area contributed by atoms with Gasteiger partial charge in [0.2, 0.25) is 6.79 Å². The van der Waals surface area contributed by atoms with Gasteiger partial charge >= 0.3 is 0 Å². The molecule has 0 N–H and O–H groups in total. The van der Waals surface area contributed by atoms with Crippen LogP contribution in [0.2, 0.25) is 0 Å². The summed E-state index contributed by atoms with van der Waals surface area (Å²) in [7, 11) is 0. The Morgan fingerprint density at radius 3 is 2.41 bits per heavy atom. The van der Waals surface area contributed by atoms with Crippen LogP contribution in [-0.4, -0.2) is 65.7 Å². The summed E-state index contributed by atoms with van der Waals surface area (Å²) in [5.41, 5.74) is 5.64. The first-order valence-corrected chi connectivity index (χ1v) is 14.9. The number of carbonyl (C=O) groups is 1. The standard InChI is InChI=1S/C33H36ClN3O4/c1-23-24(2)37(14-3-13-34)30-10-9-28(21-29(23)30)41-27-7-5-26(6-8-27)33(38)36-18-16-35(17-19-36)15-12-25-4-11-31-32(20-25)40-22-39-31/h4-11,20-21H,3,12-19,22H2,1-2H3. The second-order valence-electron chi connectivity index (χ2n) is 10.8. The number of aromatic nitrogens is 1. The van der Waals surface area contributed by atoms with Crippen molar-refractivity contribution in [1.82, 2.24) is 14.4 Å². The van der Waals surface area contributed by atoms with E-state index in [0.717, 1.165) is 69.4 Å². The molecule has 0 radical (unpaired) electrons. The maximum atomic E-state index is 13.2. The fourth-order valence-corrected chi connectivity index (χ4v) is 5.86. The normalized spacial score (nSPS) is 15.0. The number of fused-ring (bicyclic) bond motifs is 2. The van der Waals surface area contributed by atoms with E-state index in [-0.39, 0.29) is 5.91 Å². The van der Waals surface area contributed by atoms with E-state index in [2.05, 4.69) is 47.6 Å². The number of piperazine rings is 1. The Labute approximate surface area is 246 Å². The molecule has 41 heavy (non-hydrogen) atoms. The molecule has 0 bridgehead atoms. The molecule has 7 nitrogen and oxygen atoms in total. The molecule has 0 unspecified atom stereocenters. The van der Waals surface area contributed by atoms with Gasteiger partial charge in [-0.2, -0.15) is 0 Å². The molecule has 214 valence electrons. The van der Waals surface area contributed by atoms with Gasteiger partial charge in [0, 0.05) is 67.3 Å². The van der Waals surface area contributed by atoms with Crippen LogP contribution in [0, 0.1) is 13.8 Å². The smallest absolute Gasteiger partial charge is 0.253 e. The topological polar surface area (TPSA) is 56.2 Å². The Kier molecular flexibility index (Phi) is 8.08. The van der Waals surface area contributed by atoms with Crippen molar-refractivity contribution < 1.29 is 19.0 Å². The molecule has 1 fully saturated rings. The van der Waals surface area contributed by atoms with Crippen LogP contribution in [0.25, 0.3) is 10.9 Å². The molecular weight excluding hydrogens is 538 g/mol. The first-order valence-electron chi connectivity index (χ1n) is 14.3. The molecule has 8 heteroatoms. The summed E-state index contributed by atoms with van der Waals surface area (Å²) in [5.74, 6) is 3.86. The SMILES string of the molecule is Cc1c(C)n(CCCCl)c2ccc(Oc3ccc(C(=O)N4CCN(CCc5ccc6c(c5)OCO6)CC4)cc3)cc12. The number of nitrogens with zero attached hydrogens (tertiary/aromatic N) is 3. The summed E-state index contributed by atoms with van der Waals surface area (Å²) < 4.78 is 19.4. The van der Waals surface area contributed by atoms with Crippen LogP contribution in [0.15, 0.2) is 60.7 Å². The molecule has 1 saturated heterocycles. The van der Waals surface area contributed by atoms with Gasteiger partial charge in [-0.25, -0.2) is 0 Å². The highest BCUT2D eigenvalue weighted by Crippen LogP contribution is 2.33. The monoisotopic (exact) mass is 573 g/mol. The lowest BCUT2D eigenvalue weighted by Gasteiger charge is -2.34. The number of aryl methyl sites for hydroxylation is 2. The number of hydrogen-bond donors (Lipinski definition) is 0. The molecule has 6 rings (SSSR count). The molecule has 0 saturated carbocycles. The molecule has 2 aliphatic heterocycles. The van der Waals surface area contributed by atoms with Gasteiger partial charge in [-0.3, -0.25) is 9.69 Å². The molecule has 0 atom stereocenters. The summed E-state index contributed by atoms with van der Waals surface area (Å²) >= 11 is 5.94. The van der Waals surface area contributed by atoms with Crippen molar-refractivity contribution >= 4 is 28.4 Å². The zero-order chi connectivity index (χ0) is 28.3. The molecule has 0 aliphatic carbocycles. The Balaban J connectivity index is 1.02. The van der Waals surface area contributed by atoms with E-state index in [1.165, 1.54) is 27.7 Å². The van der Waals surface area contributed by atoms with E-state index in [0.29, 0.717) is 24.0 Å². The molecule has 1 amide bonds. The third-order valence-corrected chi connectivity index (χ3v) is 8.54. The Hall–Kier alpha value is -3.68. The first-order chi connectivity index (χ1) is 20.0. The highest BCUT2D eigenvalue weighted by Gasteiger charge is 2.22. The number of rotatable bonds is 9. The molecular formula is C33H36ClN3O4. The zero-order valence-electron chi connectivity index (χ0n) is 23.7. The van der Waals surface area contributed by atoms with Gasteiger partial charge in [0.25, 0.3) is 5.91 Å². The maximum absolute atomic E-state index is 13.2. The summed E-state index contributed by atoms with van der Waals surface area (Å²) in [6, 6.07) is 19.8. The van der Waals surface area contributed by atoms with Gasteiger partial charge < -0.3 is 23.7 Å². The van der Waals surface area contributed by atoms with Gasteiger partial charge in [0.1, 0.15) is 11.5 Å². The molecule has 4 aromatic rings. The first kappa shape index (κ1) is 27.5. The van der Waals surface area contributed by atoms with E-state index >= 15 is 0 Å². The largest absolute Gasteiger partial charge is 0.457 e. The van der Waals surface area contributed by atoms with Gasteiger partial charge in [0.05, 0.1) is 0 Å². The summed E-state index contributed by atoms with van der Waals surface area (Å²) in [6.07, 6.45) is 1.88. The van der Waals surface area contributed by atoms with Crippen LogP contribution in [0.3, 0.4) is 0 Å². The number of benzene rings is 3. The van der Waals surface area contributed by atoms with E-state index in [9.17, 15) is 4.79 Å². The Morgan fingerprint density at radius 1 is 0.878 bits per heavy atom. The Morgan fingerprint density at radius 2 is 1.63 bits per heavy atom. The number of carbonyl (C=O) groups excluding carboxylic acids is 1. The molecule has 1 aromatic heterocycles. The van der Waals surface area contributed by atoms with Crippen LogP contribution in [0.1, 0.15) is 33.6 Å². The number of ether oxygens (including phenoxy) is 3. The van der Waals surface area contributed by atoms with Crippen molar-refractivity contribution in [2.75, 3.05) is 45.4 Å². The van der Waals surface area contributed by atoms with Crippen molar-refractivity contribution in [3.05, 3.63) is 83.0 Å². The number of amides is 1. The van der Waals surface area contributed by atoms with E-state index in [1.54, 1.807) is 0 Å². The van der Waals surface area contributed by atoms with Gasteiger partial charge in [-0.05, 0) is 92.4 Å². The minimum absolute atomic E-state index is 0.0674. The van der Waals surface area contributed by atoms with Crippen LogP contribution in [0.4, 0.5) is 0 Å². The van der Waals surface area contributed by atoms with Crippen LogP contribution in [-0.2, 0) is 13.0 Å². The maximum Gasteiger partial charge on any atom is 0.253 e. The van der Waals surface area contributed by atoms with Crippen molar-refractivity contribution in [3.8, 4) is 23.0 Å². The fourth-order valence-electron chi connectivity index (χ4n) is 5.74. The highest BCUT2D eigenvalue weighted by atomic mass is 35.5. The molecule has 3 aromatic carbocycles. The Bertz CT molecular complexity index is 1540. The zero-order valence-corrected chi connectivity index (χ0v) is 24.5. The van der Waals surface area contributed by atoms with Crippen LogP contribution >= 0.6 is 11.6 Å². The number of alkyl halides is 1. The molecule has 0 spiro atoms. The van der Waals surface area contributed by atoms with Gasteiger partial charge in [0.15, 0.2) is 11.5 Å². The second-order valence-corrected chi connectivity index (χ2v) is 11.2. The summed E-state index contributed by atoms with van der Waals surface area (Å²) in [6.45, 7) is 9.65. The summed E-state index contributed by atoms with van der Waals surface area (Å²) in [4.78, 5) is 17.5. The quantitative estimate of drug-likeness (QED) is 0.217. The van der Waals surface area contributed by atoms with Crippen molar-refractivity contribution in [2.24, 2.45) is 0 Å². The lowest BCUT2D eigenvalue weighted by molar-refractivity contribution is 0.0638. The predicted octanol–water partition coefficient (Wildman–Crippen LogP) is 6.41. The fraction of sp³-hybridized carbons (Fsp3) is 0.364. The third kappa shape index (κ3) is 5.88. The van der Waals surface area contributed by atoms with E-state index in [1.807, 2.05) is 41.3 Å². The van der Waals surface area contributed by atoms with Gasteiger partial charge in [-0.15, -0.1) is 11.6 Å². The highest BCUT2D eigenvalue weighted by molar-refractivity contribution is 6.17. The summed E-state index contributed by atoms with van der Waals surface area (Å²) in [5, 5.41) is 1.19. The second kappa shape index (κ2) is 12.0. The van der Waals surface area contributed by atoms with Crippen LogP contribution < -0.4 is 14.2 Å². The third-order valence-electron chi connectivity index (χ3n) is 8.28. The minimum atomic E-state index is 0.0674. The van der Waals surface area contributed by atoms with Crippen molar-refractivity contribution in [2.45, 2.75) is 33.2 Å². The molecule has 3 heterocycles. The lowest BCUT2D eigenvalue weighted by atomic mass is 10.1. The average Bonchev–Trinajstić information content (AvgIpc) is 3.57. The van der Waals surface area contributed by atoms with Crippen molar-refractivity contribution in [1.29, 1.82) is 0 Å². The lowest BCUT2D eigenvalue weighted by Crippen LogP contribution is -2.49. The average molecular weight is 574 g/mol. The predicted molar refractivity (Wildman–Crippen MR) is 162 cm³/mol. The van der Waals surface area contributed by atoms with E-state index < -0.39 is 0 Å². The minimum Gasteiger partial charge on any atom is -0.457 e. The van der Waals surface area contributed by atoms with Gasteiger partial charge in [-0.1, -0.05) is 6.07 Å². The number of halogens is 1.